The SMILES string of the molecule is O=C[C@@H](O)CN1CCN(Cc2ccc3cc(Oc4ccc(-c5ccn[nH]5)cc4)ccc3n2)CC1. The normalized spacial score (nSPS) is 15.9. The molecule has 2 aromatic heterocycles. The van der Waals surface area contributed by atoms with Crippen LogP contribution in [0.25, 0.3) is 22.2 Å². The average Bonchev–Trinajstić information content (AvgIpc) is 3.41. The molecule has 8 nitrogen and oxygen atoms in total. The molecule has 0 amide bonds. The van der Waals surface area contributed by atoms with E-state index in [1.54, 1.807) is 6.20 Å². The number of carbonyl (C=O) groups excluding carboxylic acids is 1. The molecule has 4 aromatic rings. The van der Waals surface area contributed by atoms with Gasteiger partial charge >= 0.3 is 0 Å². The molecule has 0 bridgehead atoms. The molecule has 1 atom stereocenters. The van der Waals surface area contributed by atoms with Crippen molar-refractivity contribution < 1.29 is 14.6 Å². The maximum atomic E-state index is 10.7. The van der Waals surface area contributed by atoms with Gasteiger partial charge in [-0.3, -0.25) is 19.9 Å². The van der Waals surface area contributed by atoms with Gasteiger partial charge in [-0.05, 0) is 60.2 Å². The van der Waals surface area contributed by atoms with Crippen LogP contribution in [0.3, 0.4) is 0 Å². The Morgan fingerprint density at radius 1 is 0.971 bits per heavy atom. The third kappa shape index (κ3) is 5.31. The maximum Gasteiger partial charge on any atom is 0.149 e. The van der Waals surface area contributed by atoms with E-state index in [4.69, 9.17) is 9.72 Å². The van der Waals surface area contributed by atoms with Gasteiger partial charge < -0.3 is 14.6 Å². The highest BCUT2D eigenvalue weighted by molar-refractivity contribution is 5.80. The Morgan fingerprint density at radius 2 is 1.74 bits per heavy atom. The zero-order valence-electron chi connectivity index (χ0n) is 18.8. The number of aldehydes is 1. The van der Waals surface area contributed by atoms with Gasteiger partial charge in [0, 0.05) is 50.9 Å². The molecule has 1 aliphatic rings. The molecule has 174 valence electrons. The van der Waals surface area contributed by atoms with Crippen molar-refractivity contribution >= 4 is 17.2 Å². The standard InChI is InChI=1S/C26H27N5O3/c32-18-22(33)17-31-13-11-30(12-14-31)16-21-4-1-20-15-24(7-8-25(20)28-21)34-23-5-2-19(3-6-23)26-9-10-27-29-26/h1-10,15,18,22,33H,11-14,16-17H2,(H,27,29)/t22-/m0/s1. The largest absolute Gasteiger partial charge is 0.457 e. The number of pyridine rings is 1. The number of piperazine rings is 1. The second-order valence-electron chi connectivity index (χ2n) is 8.53. The Hall–Kier alpha value is -3.59. The molecule has 3 heterocycles. The lowest BCUT2D eigenvalue weighted by Crippen LogP contribution is -2.48. The van der Waals surface area contributed by atoms with Crippen LogP contribution in [-0.4, -0.2) is 75.2 Å². The molecule has 1 fully saturated rings. The molecule has 0 saturated carbocycles. The van der Waals surface area contributed by atoms with Crippen molar-refractivity contribution in [2.24, 2.45) is 0 Å². The summed E-state index contributed by atoms with van der Waals surface area (Å²) in [6.07, 6.45) is 1.43. The summed E-state index contributed by atoms with van der Waals surface area (Å²) in [6, 6.07) is 19.9. The van der Waals surface area contributed by atoms with E-state index in [1.807, 2.05) is 48.5 Å². The Morgan fingerprint density at radius 3 is 2.47 bits per heavy atom. The monoisotopic (exact) mass is 457 g/mol. The Kier molecular flexibility index (Phi) is 6.62. The summed E-state index contributed by atoms with van der Waals surface area (Å²) in [5.74, 6) is 1.54. The van der Waals surface area contributed by atoms with Crippen LogP contribution < -0.4 is 4.74 Å². The summed E-state index contributed by atoms with van der Waals surface area (Å²) in [5, 5.41) is 17.5. The Balaban J connectivity index is 1.20. The number of aromatic amines is 1. The molecule has 2 N–H and O–H groups in total. The smallest absolute Gasteiger partial charge is 0.149 e. The molecule has 34 heavy (non-hydrogen) atoms. The fourth-order valence-corrected chi connectivity index (χ4v) is 4.22. The number of fused-ring (bicyclic) bond motifs is 1. The van der Waals surface area contributed by atoms with Crippen molar-refractivity contribution in [3.05, 3.63) is 72.6 Å². The fourth-order valence-electron chi connectivity index (χ4n) is 4.22. The lowest BCUT2D eigenvalue weighted by atomic mass is 10.1. The minimum atomic E-state index is -0.899. The summed E-state index contributed by atoms with van der Waals surface area (Å²) in [5.41, 5.74) is 3.99. The van der Waals surface area contributed by atoms with Crippen LogP contribution in [0.5, 0.6) is 11.5 Å². The molecule has 1 saturated heterocycles. The van der Waals surface area contributed by atoms with Crippen LogP contribution in [0, 0.1) is 0 Å². The second-order valence-corrected chi connectivity index (χ2v) is 8.53. The first-order valence-electron chi connectivity index (χ1n) is 11.4. The quantitative estimate of drug-likeness (QED) is 0.393. The van der Waals surface area contributed by atoms with Gasteiger partial charge in [-0.2, -0.15) is 5.10 Å². The number of nitrogens with zero attached hydrogens (tertiary/aromatic N) is 4. The lowest BCUT2D eigenvalue weighted by Gasteiger charge is -2.34. The van der Waals surface area contributed by atoms with Crippen LogP contribution in [0.1, 0.15) is 5.69 Å². The summed E-state index contributed by atoms with van der Waals surface area (Å²) < 4.78 is 6.05. The van der Waals surface area contributed by atoms with Gasteiger partial charge in [0.05, 0.1) is 16.9 Å². The minimum absolute atomic E-state index is 0.407. The summed E-state index contributed by atoms with van der Waals surface area (Å²) in [7, 11) is 0. The second kappa shape index (κ2) is 10.1. The van der Waals surface area contributed by atoms with Crippen LogP contribution >= 0.6 is 0 Å². The zero-order chi connectivity index (χ0) is 23.3. The first-order valence-corrected chi connectivity index (χ1v) is 11.4. The van der Waals surface area contributed by atoms with E-state index in [9.17, 15) is 9.90 Å². The van der Waals surface area contributed by atoms with E-state index in [2.05, 4.69) is 32.1 Å². The average molecular weight is 458 g/mol. The van der Waals surface area contributed by atoms with Crippen LogP contribution in [0.4, 0.5) is 0 Å². The van der Waals surface area contributed by atoms with E-state index >= 15 is 0 Å². The van der Waals surface area contributed by atoms with E-state index in [1.165, 1.54) is 0 Å². The number of benzene rings is 2. The van der Waals surface area contributed by atoms with Crippen molar-refractivity contribution in [3.63, 3.8) is 0 Å². The molecule has 1 aliphatic heterocycles. The molecule has 0 unspecified atom stereocenters. The van der Waals surface area contributed by atoms with Gasteiger partial charge in [0.15, 0.2) is 0 Å². The van der Waals surface area contributed by atoms with E-state index in [0.29, 0.717) is 12.8 Å². The number of hydrogen-bond acceptors (Lipinski definition) is 7. The van der Waals surface area contributed by atoms with E-state index in [-0.39, 0.29) is 0 Å². The van der Waals surface area contributed by atoms with E-state index < -0.39 is 6.10 Å². The lowest BCUT2D eigenvalue weighted by molar-refractivity contribution is -0.115. The van der Waals surface area contributed by atoms with Gasteiger partial charge in [0.1, 0.15) is 23.9 Å². The maximum absolute atomic E-state index is 10.7. The predicted octanol–water partition coefficient (Wildman–Crippen LogP) is 3.09. The van der Waals surface area contributed by atoms with Crippen LogP contribution in [0.2, 0.25) is 0 Å². The van der Waals surface area contributed by atoms with Crippen molar-refractivity contribution in [2.75, 3.05) is 32.7 Å². The number of rotatable bonds is 8. The number of nitrogens with one attached hydrogen (secondary N) is 1. The molecule has 0 radical (unpaired) electrons. The number of aromatic nitrogens is 3. The summed E-state index contributed by atoms with van der Waals surface area (Å²) in [4.78, 5) is 20.0. The Bertz CT molecular complexity index is 1240. The van der Waals surface area contributed by atoms with E-state index in [0.717, 1.165) is 72.1 Å². The van der Waals surface area contributed by atoms with Crippen molar-refractivity contribution in [2.45, 2.75) is 12.6 Å². The Labute approximate surface area is 197 Å². The molecular formula is C26H27N5O3. The first kappa shape index (κ1) is 22.2. The molecule has 0 spiro atoms. The molecule has 5 rings (SSSR count). The highest BCUT2D eigenvalue weighted by Gasteiger charge is 2.19. The fraction of sp³-hybridized carbons (Fsp3) is 0.269. The van der Waals surface area contributed by atoms with Gasteiger partial charge in [0.25, 0.3) is 0 Å². The number of ether oxygens (including phenoxy) is 1. The van der Waals surface area contributed by atoms with Crippen LogP contribution in [0.15, 0.2) is 66.9 Å². The van der Waals surface area contributed by atoms with Crippen molar-refractivity contribution in [1.82, 2.24) is 25.0 Å². The van der Waals surface area contributed by atoms with Gasteiger partial charge in [-0.1, -0.05) is 6.07 Å². The van der Waals surface area contributed by atoms with Crippen LogP contribution in [-0.2, 0) is 11.3 Å². The third-order valence-corrected chi connectivity index (χ3v) is 6.07. The summed E-state index contributed by atoms with van der Waals surface area (Å²) in [6.45, 7) is 4.63. The molecule has 8 heteroatoms. The van der Waals surface area contributed by atoms with Crippen molar-refractivity contribution in [1.29, 1.82) is 0 Å². The number of hydrogen-bond donors (Lipinski definition) is 2. The number of H-pyrrole nitrogens is 1. The highest BCUT2D eigenvalue weighted by Crippen LogP contribution is 2.27. The predicted molar refractivity (Wildman–Crippen MR) is 130 cm³/mol. The third-order valence-electron chi connectivity index (χ3n) is 6.07. The highest BCUT2D eigenvalue weighted by atomic mass is 16.5. The van der Waals surface area contributed by atoms with Gasteiger partial charge in [0.2, 0.25) is 0 Å². The molecule has 2 aromatic carbocycles. The molecular weight excluding hydrogens is 430 g/mol. The zero-order valence-corrected chi connectivity index (χ0v) is 18.8. The van der Waals surface area contributed by atoms with Gasteiger partial charge in [-0.25, -0.2) is 0 Å². The molecule has 0 aliphatic carbocycles. The number of aliphatic hydroxyl groups is 1. The minimum Gasteiger partial charge on any atom is -0.457 e. The number of β-amino-alcohol motifs (C(OH)–C–C–N with tert-alkyl or cyclic N) is 1. The van der Waals surface area contributed by atoms with Crippen molar-refractivity contribution in [3.8, 4) is 22.8 Å². The van der Waals surface area contributed by atoms with Gasteiger partial charge in [-0.15, -0.1) is 0 Å². The first-order chi connectivity index (χ1) is 16.7. The summed E-state index contributed by atoms with van der Waals surface area (Å²) >= 11 is 0. The number of carbonyl (C=O) groups is 1. The topological polar surface area (TPSA) is 94.6 Å². The number of aliphatic hydroxyl groups excluding tert-OH is 1.